The van der Waals surface area contributed by atoms with E-state index in [2.05, 4.69) is 21.2 Å². The number of furan rings is 1. The van der Waals surface area contributed by atoms with E-state index in [1.54, 1.807) is 13.0 Å². The predicted molar refractivity (Wildman–Crippen MR) is 85.8 cm³/mol. The van der Waals surface area contributed by atoms with Gasteiger partial charge < -0.3 is 14.5 Å². The fourth-order valence-corrected chi connectivity index (χ4v) is 2.42. The molecule has 116 valence electrons. The summed E-state index contributed by atoms with van der Waals surface area (Å²) >= 11 is 3.38. The minimum atomic E-state index is -0.921. The maximum absolute atomic E-state index is 12.1. The van der Waals surface area contributed by atoms with E-state index in [4.69, 9.17) is 9.15 Å². The Balaban J connectivity index is 2.00. The van der Waals surface area contributed by atoms with Crippen molar-refractivity contribution in [3.63, 3.8) is 0 Å². The molecule has 1 amide bonds. The maximum Gasteiger partial charge on any atom is 0.342 e. The number of ether oxygens (including phenoxy) is 1. The van der Waals surface area contributed by atoms with Crippen LogP contribution in [0, 0.1) is 13.8 Å². The topological polar surface area (TPSA) is 68.5 Å². The lowest BCUT2D eigenvalue weighted by atomic mass is 10.2. The molecule has 2 rings (SSSR count). The van der Waals surface area contributed by atoms with Crippen molar-refractivity contribution in [2.24, 2.45) is 0 Å². The third-order valence-electron chi connectivity index (χ3n) is 3.11. The number of nitrogens with one attached hydrogen (secondary N) is 1. The van der Waals surface area contributed by atoms with Gasteiger partial charge in [-0.05, 0) is 60.5 Å². The van der Waals surface area contributed by atoms with Crippen molar-refractivity contribution in [3.05, 3.63) is 51.9 Å². The second kappa shape index (κ2) is 6.79. The Hall–Kier alpha value is -2.08. The van der Waals surface area contributed by atoms with Gasteiger partial charge in [0.05, 0.1) is 12.0 Å². The first-order valence-corrected chi connectivity index (χ1v) is 7.50. The van der Waals surface area contributed by atoms with Gasteiger partial charge in [-0.25, -0.2) is 4.79 Å². The minimum Gasteiger partial charge on any atom is -0.469 e. The first-order valence-electron chi connectivity index (χ1n) is 6.70. The summed E-state index contributed by atoms with van der Waals surface area (Å²) in [5.74, 6) is -0.533. The summed E-state index contributed by atoms with van der Waals surface area (Å²) in [6.07, 6.45) is 0.482. The molecular formula is C16H16BrNO4. The molecule has 0 saturated carbocycles. The van der Waals surface area contributed by atoms with Gasteiger partial charge in [-0.2, -0.15) is 0 Å². The highest BCUT2D eigenvalue weighted by atomic mass is 79.9. The van der Waals surface area contributed by atoms with Crippen molar-refractivity contribution in [2.75, 3.05) is 5.32 Å². The lowest BCUT2D eigenvalue weighted by Crippen LogP contribution is -2.30. The highest BCUT2D eigenvalue weighted by Gasteiger charge is 2.21. The standard InChI is InChI=1S/C16H16BrNO4/c1-9-4-5-14(13(17)8-9)18-15(19)11(3)22-16(20)12-6-7-21-10(12)2/h4-8,11H,1-3H3,(H,18,19)/t11-/m0/s1. The number of amides is 1. The van der Waals surface area contributed by atoms with Gasteiger partial charge in [-0.3, -0.25) is 4.79 Å². The number of benzene rings is 1. The molecule has 1 N–H and O–H groups in total. The van der Waals surface area contributed by atoms with E-state index in [0.717, 1.165) is 10.0 Å². The van der Waals surface area contributed by atoms with Crippen LogP contribution in [-0.4, -0.2) is 18.0 Å². The Kier molecular flexibility index (Phi) is 5.03. The van der Waals surface area contributed by atoms with Gasteiger partial charge in [-0.15, -0.1) is 0 Å². The summed E-state index contributed by atoms with van der Waals surface area (Å²) in [6.45, 7) is 5.13. The Labute approximate surface area is 136 Å². The molecular weight excluding hydrogens is 350 g/mol. The molecule has 1 aromatic heterocycles. The molecule has 5 nitrogen and oxygen atoms in total. The molecule has 1 heterocycles. The fraction of sp³-hybridized carbons (Fsp3) is 0.250. The zero-order chi connectivity index (χ0) is 16.3. The molecule has 0 bridgehead atoms. The number of hydrogen-bond donors (Lipinski definition) is 1. The molecule has 22 heavy (non-hydrogen) atoms. The molecule has 0 spiro atoms. The molecule has 0 radical (unpaired) electrons. The van der Waals surface area contributed by atoms with Crippen LogP contribution < -0.4 is 5.32 Å². The normalized spacial score (nSPS) is 11.8. The van der Waals surface area contributed by atoms with E-state index >= 15 is 0 Å². The number of halogens is 1. The fourth-order valence-electron chi connectivity index (χ4n) is 1.83. The van der Waals surface area contributed by atoms with E-state index in [1.165, 1.54) is 19.3 Å². The summed E-state index contributed by atoms with van der Waals surface area (Å²) in [5.41, 5.74) is 2.01. The van der Waals surface area contributed by atoms with Crippen molar-refractivity contribution in [1.29, 1.82) is 0 Å². The van der Waals surface area contributed by atoms with Crippen molar-refractivity contribution in [2.45, 2.75) is 26.9 Å². The van der Waals surface area contributed by atoms with Crippen LogP contribution >= 0.6 is 15.9 Å². The Morgan fingerprint density at radius 2 is 2.00 bits per heavy atom. The Morgan fingerprint density at radius 3 is 2.59 bits per heavy atom. The number of carbonyl (C=O) groups excluding carboxylic acids is 2. The Bertz CT molecular complexity index is 708. The van der Waals surface area contributed by atoms with Gasteiger partial charge in [0.25, 0.3) is 5.91 Å². The number of anilines is 1. The van der Waals surface area contributed by atoms with Crippen LogP contribution in [0.3, 0.4) is 0 Å². The van der Waals surface area contributed by atoms with Gasteiger partial charge in [0, 0.05) is 4.47 Å². The van der Waals surface area contributed by atoms with Gasteiger partial charge in [-0.1, -0.05) is 6.07 Å². The number of aryl methyl sites for hydroxylation is 2. The summed E-state index contributed by atoms with van der Waals surface area (Å²) in [4.78, 5) is 24.0. The third-order valence-corrected chi connectivity index (χ3v) is 3.77. The second-order valence-corrected chi connectivity index (χ2v) is 5.76. The number of esters is 1. The van der Waals surface area contributed by atoms with Crippen molar-refractivity contribution >= 4 is 33.5 Å². The number of hydrogen-bond acceptors (Lipinski definition) is 4. The number of carbonyl (C=O) groups is 2. The van der Waals surface area contributed by atoms with Crippen molar-refractivity contribution in [1.82, 2.24) is 0 Å². The van der Waals surface area contributed by atoms with E-state index < -0.39 is 18.0 Å². The highest BCUT2D eigenvalue weighted by molar-refractivity contribution is 9.10. The lowest BCUT2D eigenvalue weighted by molar-refractivity contribution is -0.123. The zero-order valence-electron chi connectivity index (χ0n) is 12.5. The van der Waals surface area contributed by atoms with E-state index in [0.29, 0.717) is 17.0 Å². The summed E-state index contributed by atoms with van der Waals surface area (Å²) in [6, 6.07) is 7.07. The molecule has 0 aliphatic rings. The molecule has 0 unspecified atom stereocenters. The molecule has 0 saturated heterocycles. The molecule has 1 atom stereocenters. The average Bonchev–Trinajstić information content (AvgIpc) is 2.88. The van der Waals surface area contributed by atoms with Crippen LogP contribution in [0.1, 0.15) is 28.6 Å². The Morgan fingerprint density at radius 1 is 1.27 bits per heavy atom. The summed E-state index contributed by atoms with van der Waals surface area (Å²) < 4.78 is 11.0. The maximum atomic E-state index is 12.1. The first kappa shape index (κ1) is 16.3. The summed E-state index contributed by atoms with van der Waals surface area (Å²) in [7, 11) is 0. The van der Waals surface area contributed by atoms with Crippen molar-refractivity contribution in [3.8, 4) is 0 Å². The first-order chi connectivity index (χ1) is 10.4. The van der Waals surface area contributed by atoms with Gasteiger partial charge in [0.1, 0.15) is 11.3 Å². The van der Waals surface area contributed by atoms with Crippen LogP contribution in [-0.2, 0) is 9.53 Å². The monoisotopic (exact) mass is 365 g/mol. The highest BCUT2D eigenvalue weighted by Crippen LogP contribution is 2.23. The second-order valence-electron chi connectivity index (χ2n) is 4.91. The number of rotatable bonds is 4. The van der Waals surface area contributed by atoms with Crippen LogP contribution in [0.4, 0.5) is 5.69 Å². The lowest BCUT2D eigenvalue weighted by Gasteiger charge is -2.14. The zero-order valence-corrected chi connectivity index (χ0v) is 14.1. The average molecular weight is 366 g/mol. The quantitative estimate of drug-likeness (QED) is 0.835. The van der Waals surface area contributed by atoms with Crippen LogP contribution in [0.25, 0.3) is 0 Å². The molecule has 1 aromatic carbocycles. The summed E-state index contributed by atoms with van der Waals surface area (Å²) in [5, 5.41) is 2.72. The van der Waals surface area contributed by atoms with E-state index in [-0.39, 0.29) is 0 Å². The van der Waals surface area contributed by atoms with Gasteiger partial charge in [0.15, 0.2) is 6.10 Å². The smallest absolute Gasteiger partial charge is 0.342 e. The molecule has 0 aliphatic heterocycles. The van der Waals surface area contributed by atoms with Gasteiger partial charge in [0.2, 0.25) is 0 Å². The largest absolute Gasteiger partial charge is 0.469 e. The SMILES string of the molecule is Cc1ccc(NC(=O)[C@H](C)OC(=O)c2ccoc2C)c(Br)c1. The van der Waals surface area contributed by atoms with E-state index in [9.17, 15) is 9.59 Å². The van der Waals surface area contributed by atoms with Gasteiger partial charge >= 0.3 is 5.97 Å². The molecule has 2 aromatic rings. The van der Waals surface area contributed by atoms with Crippen LogP contribution in [0.15, 0.2) is 39.4 Å². The van der Waals surface area contributed by atoms with Crippen LogP contribution in [0.2, 0.25) is 0 Å². The third kappa shape index (κ3) is 3.76. The molecule has 0 fully saturated rings. The molecule has 6 heteroatoms. The minimum absolute atomic E-state index is 0.316. The predicted octanol–water partition coefficient (Wildman–Crippen LogP) is 3.84. The van der Waals surface area contributed by atoms with Crippen molar-refractivity contribution < 1.29 is 18.7 Å². The molecule has 0 aliphatic carbocycles. The van der Waals surface area contributed by atoms with E-state index in [1.807, 2.05) is 19.1 Å². The van der Waals surface area contributed by atoms with Crippen LogP contribution in [0.5, 0.6) is 0 Å².